The molecule has 9 nitrogen and oxygen atoms in total. The van der Waals surface area contributed by atoms with Gasteiger partial charge in [0.15, 0.2) is 0 Å². The molecular formula is C21H26N4O5S. The monoisotopic (exact) mass is 446 g/mol. The highest BCUT2D eigenvalue weighted by Crippen LogP contribution is 2.36. The van der Waals surface area contributed by atoms with E-state index in [4.69, 9.17) is 0 Å². The van der Waals surface area contributed by atoms with Crippen LogP contribution in [0.1, 0.15) is 44.4 Å². The van der Waals surface area contributed by atoms with E-state index in [1.807, 2.05) is 32.0 Å². The summed E-state index contributed by atoms with van der Waals surface area (Å²) in [6, 6.07) is 13.5. The van der Waals surface area contributed by atoms with Crippen molar-refractivity contribution < 1.29 is 23.9 Å². The molecule has 0 bridgehead atoms. The zero-order valence-electron chi connectivity index (χ0n) is 17.8. The van der Waals surface area contributed by atoms with Crippen LogP contribution in [0.5, 0.6) is 0 Å². The van der Waals surface area contributed by atoms with Gasteiger partial charge in [-0.25, -0.2) is 13.4 Å². The van der Waals surface area contributed by atoms with Crippen molar-refractivity contribution >= 4 is 33.0 Å². The Balaban J connectivity index is 0.00000341. The standard InChI is InChI=1S/C21H24N4O4S.H2O/c1-21(2,3)20(26)25-19(15-6-5-7-17(12-15)23-27)13-18(22-25)14-8-10-16(11-9-14)24-30(4,28)29;/h5-12,19,24H,13H2,1-4H3;1H2. The second-order valence-electron chi connectivity index (χ2n) is 8.35. The number of carbonyl (C=O) groups is 1. The number of carbonyl (C=O) groups excluding carboxylic acids is 1. The lowest BCUT2D eigenvalue weighted by atomic mass is 9.93. The summed E-state index contributed by atoms with van der Waals surface area (Å²) in [4.78, 5) is 24.1. The number of nitroso groups, excluding NO2 is 1. The number of anilines is 1. The van der Waals surface area contributed by atoms with Crippen molar-refractivity contribution in [3.05, 3.63) is 64.6 Å². The van der Waals surface area contributed by atoms with Crippen molar-refractivity contribution in [2.45, 2.75) is 33.2 Å². The highest BCUT2D eigenvalue weighted by molar-refractivity contribution is 7.92. The van der Waals surface area contributed by atoms with Gasteiger partial charge in [0.1, 0.15) is 0 Å². The number of nitrogens with zero attached hydrogens (tertiary/aromatic N) is 2. The fraction of sp³-hybridized carbons (Fsp3) is 0.333. The lowest BCUT2D eigenvalue weighted by molar-refractivity contribution is -0.379. The summed E-state index contributed by atoms with van der Waals surface area (Å²) in [7, 11) is -3.36. The van der Waals surface area contributed by atoms with E-state index in [9.17, 15) is 18.1 Å². The lowest BCUT2D eigenvalue weighted by Crippen LogP contribution is -2.55. The molecule has 31 heavy (non-hydrogen) atoms. The summed E-state index contributed by atoms with van der Waals surface area (Å²) in [5, 5.41) is 7.98. The first-order valence-corrected chi connectivity index (χ1v) is 11.3. The minimum atomic E-state index is -3.36. The van der Waals surface area contributed by atoms with Gasteiger partial charge in [-0.05, 0) is 23.3 Å². The normalized spacial score (nSPS) is 16.3. The summed E-state index contributed by atoms with van der Waals surface area (Å²) >= 11 is 0. The van der Waals surface area contributed by atoms with E-state index in [-0.39, 0.29) is 17.4 Å². The van der Waals surface area contributed by atoms with E-state index >= 15 is 0 Å². The van der Waals surface area contributed by atoms with Gasteiger partial charge >= 0.3 is 0 Å². The van der Waals surface area contributed by atoms with Crippen LogP contribution in [0.25, 0.3) is 0 Å². The Morgan fingerprint density at radius 2 is 1.81 bits per heavy atom. The molecule has 0 radical (unpaired) electrons. The molecule has 0 saturated heterocycles. The smallest absolute Gasteiger partial charge is 0.253 e. The number of nitrogens with one attached hydrogen (secondary N) is 2. The quantitative estimate of drug-likeness (QED) is 0.724. The van der Waals surface area contributed by atoms with Crippen molar-refractivity contribution in [3.8, 4) is 0 Å². The van der Waals surface area contributed by atoms with Crippen LogP contribution in [-0.2, 0) is 14.8 Å². The fourth-order valence-corrected chi connectivity index (χ4v) is 3.79. The number of sulfonamides is 1. The second-order valence-corrected chi connectivity index (χ2v) is 10.1. The van der Waals surface area contributed by atoms with Crippen LogP contribution >= 0.6 is 0 Å². The third kappa shape index (κ3) is 5.74. The van der Waals surface area contributed by atoms with Gasteiger partial charge in [-0.2, -0.15) is 5.10 Å². The Labute approximate surface area is 181 Å². The van der Waals surface area contributed by atoms with E-state index in [2.05, 4.69) is 9.82 Å². The van der Waals surface area contributed by atoms with Crippen LogP contribution in [0.4, 0.5) is 11.4 Å². The minimum absolute atomic E-state index is 0. The van der Waals surface area contributed by atoms with Crippen LogP contribution < -0.4 is 9.90 Å². The highest BCUT2D eigenvalue weighted by atomic mass is 32.2. The predicted octanol–water partition coefficient (Wildman–Crippen LogP) is 2.08. The van der Waals surface area contributed by atoms with Crippen molar-refractivity contribution in [2.24, 2.45) is 10.5 Å². The molecule has 1 aliphatic heterocycles. The summed E-state index contributed by atoms with van der Waals surface area (Å²) in [5.74, 6) is -0.127. The first-order chi connectivity index (χ1) is 14.0. The van der Waals surface area contributed by atoms with Crippen molar-refractivity contribution in [1.82, 2.24) is 5.01 Å². The van der Waals surface area contributed by atoms with Gasteiger partial charge in [0.05, 0.1) is 18.0 Å². The molecule has 0 aliphatic carbocycles. The summed E-state index contributed by atoms with van der Waals surface area (Å²) < 4.78 is 25.2. The number of benzene rings is 2. The van der Waals surface area contributed by atoms with Gasteiger partial charge in [0.2, 0.25) is 15.9 Å². The van der Waals surface area contributed by atoms with Gasteiger partial charge in [0, 0.05) is 39.7 Å². The Bertz CT molecular complexity index is 1110. The Kier molecular flexibility index (Phi) is 6.97. The Morgan fingerprint density at radius 1 is 1.16 bits per heavy atom. The molecule has 166 valence electrons. The molecule has 0 aromatic heterocycles. The van der Waals surface area contributed by atoms with Gasteiger partial charge in [0.25, 0.3) is 5.69 Å². The van der Waals surface area contributed by atoms with Crippen LogP contribution in [0.3, 0.4) is 0 Å². The molecule has 2 aromatic rings. The van der Waals surface area contributed by atoms with Gasteiger partial charge in [-0.1, -0.05) is 45.0 Å². The van der Waals surface area contributed by atoms with Crippen LogP contribution in [0.2, 0.25) is 0 Å². The molecule has 0 saturated carbocycles. The van der Waals surface area contributed by atoms with Crippen molar-refractivity contribution in [2.75, 3.05) is 11.0 Å². The fourth-order valence-electron chi connectivity index (χ4n) is 3.23. The maximum Gasteiger partial charge on any atom is 0.253 e. The topological polar surface area (TPSA) is 140 Å². The molecule has 1 amide bonds. The number of hydrazone groups is 1. The maximum atomic E-state index is 13.1. The van der Waals surface area contributed by atoms with E-state index in [0.717, 1.165) is 17.4 Å². The molecule has 3 rings (SSSR count). The SMILES string of the molecule is CC(C)(C)C(=O)N1N=C(c2ccc(NS(C)(=O)=O)cc2)CC1c1cccc([NH+]=O)c1.[OH-]. The molecule has 1 heterocycles. The summed E-state index contributed by atoms with van der Waals surface area (Å²) in [5.41, 5.74) is 2.55. The predicted molar refractivity (Wildman–Crippen MR) is 117 cm³/mol. The zero-order valence-corrected chi connectivity index (χ0v) is 18.6. The van der Waals surface area contributed by atoms with E-state index < -0.39 is 15.4 Å². The highest BCUT2D eigenvalue weighted by Gasteiger charge is 2.38. The third-order valence-corrected chi connectivity index (χ3v) is 5.28. The van der Waals surface area contributed by atoms with Crippen molar-refractivity contribution in [1.29, 1.82) is 0 Å². The van der Waals surface area contributed by atoms with Crippen LogP contribution in [0, 0.1) is 10.3 Å². The van der Waals surface area contributed by atoms with Gasteiger partial charge in [-0.3, -0.25) is 9.52 Å². The molecule has 0 spiro atoms. The average molecular weight is 447 g/mol. The summed E-state index contributed by atoms with van der Waals surface area (Å²) in [6.45, 7) is 5.50. The van der Waals surface area contributed by atoms with E-state index in [1.165, 1.54) is 5.01 Å². The molecule has 10 heteroatoms. The second kappa shape index (κ2) is 8.94. The summed E-state index contributed by atoms with van der Waals surface area (Å²) in [6.07, 6.45) is 1.57. The molecule has 3 N–H and O–H groups in total. The van der Waals surface area contributed by atoms with Gasteiger partial charge < -0.3 is 5.48 Å². The maximum absolute atomic E-state index is 13.1. The molecule has 1 aliphatic rings. The third-order valence-electron chi connectivity index (χ3n) is 4.67. The minimum Gasteiger partial charge on any atom is -0.870 e. The molecule has 2 aromatic carbocycles. The zero-order chi connectivity index (χ0) is 22.1. The van der Waals surface area contributed by atoms with Crippen LogP contribution in [-0.4, -0.2) is 36.8 Å². The average Bonchev–Trinajstić information content (AvgIpc) is 3.11. The van der Waals surface area contributed by atoms with E-state index in [1.54, 1.807) is 42.5 Å². The Hall–Kier alpha value is -3.11. The largest absolute Gasteiger partial charge is 0.870 e. The molecular weight excluding hydrogens is 420 g/mol. The van der Waals surface area contributed by atoms with Gasteiger partial charge in [-0.15, -0.1) is 0 Å². The first kappa shape index (κ1) is 24.2. The number of hydrogen-bond acceptors (Lipinski definition) is 6. The molecule has 1 atom stereocenters. The molecule has 1 unspecified atom stereocenters. The number of rotatable bonds is 5. The first-order valence-electron chi connectivity index (χ1n) is 9.45. The van der Waals surface area contributed by atoms with Crippen LogP contribution in [0.15, 0.2) is 53.6 Å². The van der Waals surface area contributed by atoms with E-state index in [0.29, 0.717) is 23.5 Å². The number of amides is 1. The Morgan fingerprint density at radius 3 is 2.35 bits per heavy atom. The lowest BCUT2D eigenvalue weighted by Gasteiger charge is -2.28. The number of hydrogen-bond donors (Lipinski definition) is 2. The molecule has 0 fully saturated rings. The van der Waals surface area contributed by atoms with Crippen molar-refractivity contribution in [3.63, 3.8) is 0 Å².